The van der Waals surface area contributed by atoms with Gasteiger partial charge in [-0.3, -0.25) is 0 Å². The van der Waals surface area contributed by atoms with Crippen molar-refractivity contribution < 1.29 is 19.5 Å². The molecule has 1 aromatic rings. The minimum Gasteiger partial charge on any atom is -0.323 e. The number of carbonyl (C=O) groups excluding carboxylic acids is 2. The van der Waals surface area contributed by atoms with Gasteiger partial charge in [-0.05, 0) is 12.1 Å². The Morgan fingerprint density at radius 3 is 2.33 bits per heavy atom. The molecule has 0 saturated heterocycles. The summed E-state index contributed by atoms with van der Waals surface area (Å²) in [4.78, 5) is 26.0. The molecule has 0 aliphatic carbocycles. The standard InChI is InChI=1S/C9H9N2O4/c1-10-8(12)15-11(9(13)14)7-5-3-2-4-6-7/h2-6H,1H3,(H,10,12). The van der Waals surface area contributed by atoms with Crippen LogP contribution in [0.3, 0.4) is 0 Å². The summed E-state index contributed by atoms with van der Waals surface area (Å²) in [6.07, 6.45) is -2.51. The lowest BCUT2D eigenvalue weighted by Crippen LogP contribution is -2.35. The fourth-order valence-electron chi connectivity index (χ4n) is 0.887. The minimum absolute atomic E-state index is 0.195. The number of amides is 2. The summed E-state index contributed by atoms with van der Waals surface area (Å²) in [6, 6.07) is 7.87. The number of carbonyl (C=O) groups is 2. The molecule has 0 atom stereocenters. The predicted octanol–water partition coefficient (Wildman–Crippen LogP) is 1.31. The number of nitrogens with zero attached hydrogens (tertiary/aromatic N) is 1. The highest BCUT2D eigenvalue weighted by Crippen LogP contribution is 2.13. The number of anilines is 1. The Bertz CT molecular complexity index is 352. The highest BCUT2D eigenvalue weighted by molar-refractivity contribution is 5.86. The highest BCUT2D eigenvalue weighted by atomic mass is 16.7. The van der Waals surface area contributed by atoms with E-state index in [1.165, 1.54) is 19.2 Å². The number of hydrogen-bond donors (Lipinski definition) is 1. The first kappa shape index (κ1) is 10.8. The third-order valence-electron chi connectivity index (χ3n) is 1.53. The van der Waals surface area contributed by atoms with Crippen molar-refractivity contribution in [2.24, 2.45) is 0 Å². The fourth-order valence-corrected chi connectivity index (χ4v) is 0.887. The second-order valence-electron chi connectivity index (χ2n) is 2.52. The molecule has 2 amide bonds. The van der Waals surface area contributed by atoms with Gasteiger partial charge >= 0.3 is 12.2 Å². The van der Waals surface area contributed by atoms with Crippen molar-refractivity contribution in [2.75, 3.05) is 12.1 Å². The van der Waals surface area contributed by atoms with Crippen molar-refractivity contribution >= 4 is 17.9 Å². The van der Waals surface area contributed by atoms with Gasteiger partial charge in [-0.15, -0.1) is 0 Å². The van der Waals surface area contributed by atoms with Crippen LogP contribution in [-0.4, -0.2) is 19.2 Å². The Kier molecular flexibility index (Phi) is 3.50. The summed E-state index contributed by atoms with van der Waals surface area (Å²) >= 11 is 0. The summed E-state index contributed by atoms with van der Waals surface area (Å²) in [6.45, 7) is 0. The van der Waals surface area contributed by atoms with E-state index in [1.807, 2.05) is 0 Å². The molecule has 1 N–H and O–H groups in total. The topological polar surface area (TPSA) is 78.5 Å². The largest absolute Gasteiger partial charge is 0.490 e. The van der Waals surface area contributed by atoms with Gasteiger partial charge in [0.05, 0.1) is 5.69 Å². The van der Waals surface area contributed by atoms with Gasteiger partial charge in [0.25, 0.3) is 0 Å². The van der Waals surface area contributed by atoms with Crippen LogP contribution in [0.4, 0.5) is 15.3 Å². The van der Waals surface area contributed by atoms with Crippen LogP contribution in [0.15, 0.2) is 30.3 Å². The Morgan fingerprint density at radius 1 is 1.27 bits per heavy atom. The number of hydroxylamine groups is 1. The van der Waals surface area contributed by atoms with E-state index in [9.17, 15) is 14.7 Å². The molecule has 6 nitrogen and oxygen atoms in total. The molecule has 6 heteroatoms. The van der Waals surface area contributed by atoms with Crippen LogP contribution >= 0.6 is 0 Å². The van der Waals surface area contributed by atoms with Crippen molar-refractivity contribution in [1.82, 2.24) is 5.32 Å². The van der Waals surface area contributed by atoms with Gasteiger partial charge in [-0.2, -0.15) is 0 Å². The lowest BCUT2D eigenvalue weighted by atomic mass is 10.3. The average Bonchev–Trinajstić information content (AvgIpc) is 2.26. The van der Waals surface area contributed by atoms with Crippen molar-refractivity contribution in [3.63, 3.8) is 0 Å². The number of nitrogens with one attached hydrogen (secondary N) is 1. The van der Waals surface area contributed by atoms with Gasteiger partial charge in [0.2, 0.25) is 0 Å². The molecule has 0 spiro atoms. The number of hydrogen-bond acceptors (Lipinski definition) is 3. The van der Waals surface area contributed by atoms with Gasteiger partial charge in [-0.25, -0.2) is 14.7 Å². The molecule has 0 aliphatic heterocycles. The lowest BCUT2D eigenvalue weighted by molar-refractivity contribution is 0.107. The van der Waals surface area contributed by atoms with Crippen LogP contribution in [0.2, 0.25) is 0 Å². The molecule has 1 rings (SSSR count). The maximum Gasteiger partial charge on any atom is 0.490 e. The highest BCUT2D eigenvalue weighted by Gasteiger charge is 2.20. The van der Waals surface area contributed by atoms with Crippen molar-refractivity contribution in [1.29, 1.82) is 0 Å². The molecule has 79 valence electrons. The minimum atomic E-state index is -1.62. The second kappa shape index (κ2) is 4.85. The molecule has 0 fully saturated rings. The average molecular weight is 209 g/mol. The van der Waals surface area contributed by atoms with Crippen LogP contribution in [-0.2, 0) is 9.94 Å². The molecule has 0 aliphatic rings. The molecule has 1 radical (unpaired) electrons. The third kappa shape index (κ3) is 2.87. The van der Waals surface area contributed by atoms with E-state index >= 15 is 0 Å². The first-order chi connectivity index (χ1) is 7.15. The van der Waals surface area contributed by atoms with E-state index in [0.29, 0.717) is 5.06 Å². The SMILES string of the molecule is CNC(=O)ON(C([O])=O)c1ccccc1. The summed E-state index contributed by atoms with van der Waals surface area (Å²) in [7, 11) is 1.32. The normalized spacial score (nSPS) is 9.13. The van der Waals surface area contributed by atoms with E-state index in [0.717, 1.165) is 0 Å². The van der Waals surface area contributed by atoms with Crippen molar-refractivity contribution in [2.45, 2.75) is 0 Å². The zero-order chi connectivity index (χ0) is 11.3. The summed E-state index contributed by atoms with van der Waals surface area (Å²) in [5.41, 5.74) is 0.195. The first-order valence-electron chi connectivity index (χ1n) is 4.11. The maximum atomic E-state index is 10.8. The van der Waals surface area contributed by atoms with E-state index in [-0.39, 0.29) is 5.69 Å². The third-order valence-corrected chi connectivity index (χ3v) is 1.53. The molecule has 0 bridgehead atoms. The molecule has 0 saturated carbocycles. The molecule has 0 heterocycles. The number of para-hydroxylation sites is 1. The smallest absolute Gasteiger partial charge is 0.323 e. The monoisotopic (exact) mass is 209 g/mol. The summed E-state index contributed by atoms with van der Waals surface area (Å²) in [5, 5.41) is 13.2. The van der Waals surface area contributed by atoms with Crippen LogP contribution in [0.5, 0.6) is 0 Å². The van der Waals surface area contributed by atoms with Gasteiger partial charge in [0.15, 0.2) is 0 Å². The van der Waals surface area contributed by atoms with E-state index in [1.54, 1.807) is 18.2 Å². The molecule has 0 aromatic heterocycles. The molecule has 15 heavy (non-hydrogen) atoms. The first-order valence-corrected chi connectivity index (χ1v) is 4.11. The zero-order valence-corrected chi connectivity index (χ0v) is 7.97. The van der Waals surface area contributed by atoms with Crippen LogP contribution in [0, 0.1) is 0 Å². The van der Waals surface area contributed by atoms with E-state index in [4.69, 9.17) is 0 Å². The van der Waals surface area contributed by atoms with Crippen LogP contribution < -0.4 is 10.4 Å². The Labute approximate surface area is 86.0 Å². The van der Waals surface area contributed by atoms with Gasteiger partial charge < -0.3 is 10.2 Å². The Balaban J connectivity index is 2.84. The summed E-state index contributed by atoms with van der Waals surface area (Å²) in [5.74, 6) is 0. The van der Waals surface area contributed by atoms with Crippen LogP contribution in [0.1, 0.15) is 0 Å². The Morgan fingerprint density at radius 2 is 1.87 bits per heavy atom. The van der Waals surface area contributed by atoms with E-state index < -0.39 is 12.2 Å². The quantitative estimate of drug-likeness (QED) is 0.708. The molecule has 0 unspecified atom stereocenters. The zero-order valence-electron chi connectivity index (χ0n) is 7.97. The Hall–Kier alpha value is -2.24. The van der Waals surface area contributed by atoms with Gasteiger partial charge in [0, 0.05) is 7.05 Å². The van der Waals surface area contributed by atoms with Gasteiger partial charge in [0.1, 0.15) is 0 Å². The molecule has 1 aromatic carbocycles. The molecular formula is C9H9N2O4. The number of benzene rings is 1. The lowest BCUT2D eigenvalue weighted by Gasteiger charge is -2.15. The summed E-state index contributed by atoms with van der Waals surface area (Å²) < 4.78 is 0. The molecular weight excluding hydrogens is 200 g/mol. The van der Waals surface area contributed by atoms with Gasteiger partial charge in [-0.1, -0.05) is 23.3 Å². The second-order valence-corrected chi connectivity index (χ2v) is 2.52. The van der Waals surface area contributed by atoms with Crippen molar-refractivity contribution in [3.05, 3.63) is 30.3 Å². The van der Waals surface area contributed by atoms with E-state index in [2.05, 4.69) is 10.2 Å². The fraction of sp³-hybridized carbons (Fsp3) is 0.111. The number of rotatable bonds is 1. The van der Waals surface area contributed by atoms with Crippen molar-refractivity contribution in [3.8, 4) is 0 Å². The maximum absolute atomic E-state index is 10.8. The van der Waals surface area contributed by atoms with Crippen LogP contribution in [0.25, 0.3) is 0 Å². The predicted molar refractivity (Wildman–Crippen MR) is 50.5 cm³/mol.